The Kier molecular flexibility index (Phi) is 5.12. The molecular formula is C12H20N2O4. The van der Waals surface area contributed by atoms with Gasteiger partial charge in [-0.05, 0) is 19.8 Å². The first-order valence-corrected chi connectivity index (χ1v) is 6.09. The Balaban J connectivity index is 2.51. The van der Waals surface area contributed by atoms with E-state index in [0.717, 1.165) is 12.8 Å². The van der Waals surface area contributed by atoms with Gasteiger partial charge in [0.15, 0.2) is 0 Å². The van der Waals surface area contributed by atoms with Gasteiger partial charge in [-0.3, -0.25) is 9.59 Å². The minimum Gasteiger partial charge on any atom is -0.467 e. The summed E-state index contributed by atoms with van der Waals surface area (Å²) in [4.78, 5) is 36.1. The van der Waals surface area contributed by atoms with Crippen LogP contribution in [-0.2, 0) is 19.1 Å². The van der Waals surface area contributed by atoms with Crippen LogP contribution in [0.2, 0.25) is 0 Å². The average Bonchev–Trinajstić information content (AvgIpc) is 2.37. The molecule has 1 aliphatic heterocycles. The molecule has 2 atom stereocenters. The van der Waals surface area contributed by atoms with Gasteiger partial charge in [-0.1, -0.05) is 0 Å². The van der Waals surface area contributed by atoms with Crippen molar-refractivity contribution in [3.05, 3.63) is 0 Å². The number of ether oxygens (including phenoxy) is 1. The summed E-state index contributed by atoms with van der Waals surface area (Å²) in [6, 6.07) is -0.657. The van der Waals surface area contributed by atoms with Crippen LogP contribution in [0.1, 0.15) is 26.7 Å². The van der Waals surface area contributed by atoms with Gasteiger partial charge in [-0.2, -0.15) is 0 Å². The van der Waals surface area contributed by atoms with Crippen molar-refractivity contribution < 1.29 is 19.1 Å². The smallest absolute Gasteiger partial charge is 0.328 e. The van der Waals surface area contributed by atoms with Gasteiger partial charge in [0.05, 0.1) is 13.0 Å². The number of nitrogens with one attached hydrogen (secondary N) is 1. The van der Waals surface area contributed by atoms with Crippen molar-refractivity contribution in [1.82, 2.24) is 10.2 Å². The van der Waals surface area contributed by atoms with Crippen molar-refractivity contribution in [3.8, 4) is 0 Å². The molecule has 1 heterocycles. The molecule has 0 aromatic rings. The monoisotopic (exact) mass is 256 g/mol. The van der Waals surface area contributed by atoms with Crippen molar-refractivity contribution in [2.75, 3.05) is 20.2 Å². The summed E-state index contributed by atoms with van der Waals surface area (Å²) in [5, 5.41) is 2.61. The lowest BCUT2D eigenvalue weighted by Gasteiger charge is -2.31. The molecule has 1 saturated heterocycles. The number of amides is 2. The fourth-order valence-corrected chi connectivity index (χ4v) is 2.04. The van der Waals surface area contributed by atoms with Gasteiger partial charge in [-0.15, -0.1) is 0 Å². The third-order valence-electron chi connectivity index (χ3n) is 3.15. The SMILES string of the molecule is COC(=O)C(C)NC(=O)C1CCCN(C(C)=O)C1. The highest BCUT2D eigenvalue weighted by molar-refractivity contribution is 5.86. The maximum Gasteiger partial charge on any atom is 0.328 e. The molecular weight excluding hydrogens is 236 g/mol. The number of carbonyl (C=O) groups is 3. The summed E-state index contributed by atoms with van der Waals surface area (Å²) in [5.74, 6) is -0.926. The normalized spacial score (nSPS) is 21.1. The number of likely N-dealkylation sites (tertiary alicyclic amines) is 1. The van der Waals surface area contributed by atoms with Gasteiger partial charge in [0, 0.05) is 20.0 Å². The van der Waals surface area contributed by atoms with Crippen LogP contribution in [0, 0.1) is 5.92 Å². The van der Waals surface area contributed by atoms with Crippen LogP contribution in [-0.4, -0.2) is 48.9 Å². The molecule has 1 N–H and O–H groups in total. The molecule has 0 spiro atoms. The Labute approximate surface area is 107 Å². The van der Waals surface area contributed by atoms with E-state index in [1.165, 1.54) is 14.0 Å². The number of piperidine rings is 1. The highest BCUT2D eigenvalue weighted by atomic mass is 16.5. The molecule has 102 valence electrons. The fraction of sp³-hybridized carbons (Fsp3) is 0.750. The van der Waals surface area contributed by atoms with Gasteiger partial charge >= 0.3 is 5.97 Å². The number of hydrogen-bond acceptors (Lipinski definition) is 4. The zero-order valence-electron chi connectivity index (χ0n) is 11.1. The van der Waals surface area contributed by atoms with E-state index in [0.29, 0.717) is 13.1 Å². The van der Waals surface area contributed by atoms with Crippen LogP contribution in [0.4, 0.5) is 0 Å². The highest BCUT2D eigenvalue weighted by Gasteiger charge is 2.28. The molecule has 0 aromatic heterocycles. The average molecular weight is 256 g/mol. The number of carbonyl (C=O) groups excluding carboxylic acids is 3. The Morgan fingerprint density at radius 2 is 2.06 bits per heavy atom. The number of rotatable bonds is 3. The van der Waals surface area contributed by atoms with Crippen LogP contribution >= 0.6 is 0 Å². The first-order valence-electron chi connectivity index (χ1n) is 6.09. The number of hydrogen-bond donors (Lipinski definition) is 1. The number of nitrogens with zero attached hydrogens (tertiary/aromatic N) is 1. The predicted molar refractivity (Wildman–Crippen MR) is 64.6 cm³/mol. The Morgan fingerprint density at radius 1 is 1.39 bits per heavy atom. The fourth-order valence-electron chi connectivity index (χ4n) is 2.04. The number of esters is 1. The molecule has 2 amide bonds. The van der Waals surface area contributed by atoms with Crippen molar-refractivity contribution >= 4 is 17.8 Å². The van der Waals surface area contributed by atoms with Crippen LogP contribution < -0.4 is 5.32 Å². The van der Waals surface area contributed by atoms with Gasteiger partial charge in [0.25, 0.3) is 0 Å². The van der Waals surface area contributed by atoms with Crippen LogP contribution in [0.5, 0.6) is 0 Å². The molecule has 1 rings (SSSR count). The largest absolute Gasteiger partial charge is 0.467 e. The van der Waals surface area contributed by atoms with Crippen molar-refractivity contribution in [1.29, 1.82) is 0 Å². The van der Waals surface area contributed by atoms with Gasteiger partial charge in [0.1, 0.15) is 6.04 Å². The molecule has 0 aliphatic carbocycles. The van der Waals surface area contributed by atoms with Crippen LogP contribution in [0.3, 0.4) is 0 Å². The molecule has 2 unspecified atom stereocenters. The lowest BCUT2D eigenvalue weighted by atomic mass is 9.97. The van der Waals surface area contributed by atoms with E-state index in [-0.39, 0.29) is 17.7 Å². The Bertz CT molecular complexity index is 343. The second-order valence-corrected chi connectivity index (χ2v) is 4.56. The second kappa shape index (κ2) is 6.37. The predicted octanol–water partition coefficient (Wildman–Crippen LogP) is -0.0774. The first kappa shape index (κ1) is 14.5. The molecule has 18 heavy (non-hydrogen) atoms. The molecule has 6 nitrogen and oxygen atoms in total. The van der Waals surface area contributed by atoms with E-state index >= 15 is 0 Å². The zero-order valence-corrected chi connectivity index (χ0v) is 11.1. The molecule has 0 saturated carbocycles. The number of methoxy groups -OCH3 is 1. The third-order valence-corrected chi connectivity index (χ3v) is 3.15. The summed E-state index contributed by atoms with van der Waals surface area (Å²) in [5.41, 5.74) is 0. The minimum absolute atomic E-state index is 0.0199. The van der Waals surface area contributed by atoms with Gasteiger partial charge in [0.2, 0.25) is 11.8 Å². The molecule has 0 bridgehead atoms. The van der Waals surface area contributed by atoms with E-state index in [2.05, 4.69) is 10.1 Å². The molecule has 6 heteroatoms. The van der Waals surface area contributed by atoms with E-state index in [1.54, 1.807) is 11.8 Å². The van der Waals surface area contributed by atoms with E-state index < -0.39 is 12.0 Å². The quantitative estimate of drug-likeness (QED) is 0.717. The highest BCUT2D eigenvalue weighted by Crippen LogP contribution is 2.16. The van der Waals surface area contributed by atoms with E-state index in [1.807, 2.05) is 0 Å². The molecule has 0 aromatic carbocycles. The molecule has 1 aliphatic rings. The molecule has 0 radical (unpaired) electrons. The standard InChI is InChI=1S/C12H20N2O4/c1-8(12(17)18-3)13-11(16)10-5-4-6-14(7-10)9(2)15/h8,10H,4-7H2,1-3H3,(H,13,16). The summed E-state index contributed by atoms with van der Waals surface area (Å²) >= 11 is 0. The first-order chi connectivity index (χ1) is 8.45. The summed E-state index contributed by atoms with van der Waals surface area (Å²) in [6.45, 7) is 4.20. The maximum absolute atomic E-state index is 11.9. The lowest BCUT2D eigenvalue weighted by Crippen LogP contribution is -2.48. The van der Waals surface area contributed by atoms with Gasteiger partial charge in [-0.25, -0.2) is 4.79 Å². The Morgan fingerprint density at radius 3 is 2.61 bits per heavy atom. The lowest BCUT2D eigenvalue weighted by molar-refractivity contribution is -0.145. The van der Waals surface area contributed by atoms with E-state index in [4.69, 9.17) is 0 Å². The Hall–Kier alpha value is -1.59. The third kappa shape index (κ3) is 3.72. The van der Waals surface area contributed by atoms with Crippen molar-refractivity contribution in [2.24, 2.45) is 5.92 Å². The van der Waals surface area contributed by atoms with Crippen molar-refractivity contribution in [2.45, 2.75) is 32.7 Å². The second-order valence-electron chi connectivity index (χ2n) is 4.56. The zero-order chi connectivity index (χ0) is 13.7. The van der Waals surface area contributed by atoms with Crippen LogP contribution in [0.25, 0.3) is 0 Å². The van der Waals surface area contributed by atoms with Crippen molar-refractivity contribution in [3.63, 3.8) is 0 Å². The maximum atomic E-state index is 11.9. The van der Waals surface area contributed by atoms with Crippen LogP contribution in [0.15, 0.2) is 0 Å². The summed E-state index contributed by atoms with van der Waals surface area (Å²) in [7, 11) is 1.28. The van der Waals surface area contributed by atoms with Gasteiger partial charge < -0.3 is 15.0 Å². The summed E-state index contributed by atoms with van der Waals surface area (Å²) in [6.07, 6.45) is 1.55. The minimum atomic E-state index is -0.657. The van der Waals surface area contributed by atoms with E-state index in [9.17, 15) is 14.4 Å². The molecule has 1 fully saturated rings. The topological polar surface area (TPSA) is 75.7 Å². The summed E-state index contributed by atoms with van der Waals surface area (Å²) < 4.78 is 4.54.